The molecule has 0 rings (SSSR count). The van der Waals surface area contributed by atoms with Gasteiger partial charge < -0.3 is 34.2 Å². The van der Waals surface area contributed by atoms with Gasteiger partial charge in [0.2, 0.25) is 0 Å². The highest BCUT2D eigenvalue weighted by molar-refractivity contribution is 7.47. The molecule has 0 amide bonds. The van der Waals surface area contributed by atoms with Crippen LogP contribution in [-0.2, 0) is 55.8 Å². The number of unbranched alkanes of at least 4 members (excludes halogenated alkanes) is 8. The molecule has 0 bridgehead atoms. The highest BCUT2D eigenvalue weighted by Gasteiger charge is 2.29. The lowest BCUT2D eigenvalue weighted by Crippen LogP contribution is -2.30. The molecule has 5 unspecified atom stereocenters. The molecule has 5 atom stereocenters. The van der Waals surface area contributed by atoms with Crippen LogP contribution in [-0.4, -0.2) is 95.9 Å². The van der Waals surface area contributed by atoms with E-state index >= 15 is 0 Å². The SMILES string of the molecule is CC/C=C\C/C=C\C/C=C\C/C=C\C/C=C\C/C=C\CCC(=O)OCC(O)COP(=O)(O)OCC(O)COP(=O)(O)OCC(COC(=O)CCC/C=C\C/C=C\C/C=C\C/C=C\C/C=C\CC)OC(=O)CCCCCCCCC/C=C\C/C=C\C/C=C\CC. The van der Waals surface area contributed by atoms with E-state index in [4.69, 9.17) is 32.3 Å². The quantitative estimate of drug-likeness (QED) is 0.0146. The fourth-order valence-electron chi connectivity index (χ4n) is 7.58. The number of hydrogen-bond acceptors (Lipinski definition) is 14. The van der Waals surface area contributed by atoms with Crippen LogP contribution < -0.4 is 0 Å². The molecular formula is C71H112O16P2. The van der Waals surface area contributed by atoms with Gasteiger partial charge in [0.15, 0.2) is 6.10 Å². The van der Waals surface area contributed by atoms with Gasteiger partial charge in [-0.15, -0.1) is 0 Å². The van der Waals surface area contributed by atoms with E-state index in [1.807, 2.05) is 30.4 Å². The van der Waals surface area contributed by atoms with E-state index in [1.165, 1.54) is 0 Å². The van der Waals surface area contributed by atoms with Crippen LogP contribution in [0.5, 0.6) is 0 Å². The van der Waals surface area contributed by atoms with Crippen LogP contribution in [0.25, 0.3) is 0 Å². The van der Waals surface area contributed by atoms with Gasteiger partial charge in [-0.1, -0.05) is 223 Å². The molecule has 0 heterocycles. The molecule has 0 aromatic heterocycles. The van der Waals surface area contributed by atoms with Crippen molar-refractivity contribution in [2.45, 2.75) is 219 Å². The van der Waals surface area contributed by atoms with Crippen molar-refractivity contribution in [3.05, 3.63) is 170 Å². The molecule has 16 nitrogen and oxygen atoms in total. The summed E-state index contributed by atoms with van der Waals surface area (Å²) in [5, 5.41) is 20.5. The highest BCUT2D eigenvalue weighted by Crippen LogP contribution is 2.45. The summed E-state index contributed by atoms with van der Waals surface area (Å²) in [6.45, 7) is 2.11. The molecule has 0 aliphatic heterocycles. The van der Waals surface area contributed by atoms with E-state index in [9.17, 15) is 43.5 Å². The van der Waals surface area contributed by atoms with Crippen LogP contribution in [0.2, 0.25) is 0 Å². The van der Waals surface area contributed by atoms with Crippen molar-refractivity contribution in [1.29, 1.82) is 0 Å². The number of aliphatic hydroxyl groups excluding tert-OH is 2. The second-order valence-corrected chi connectivity index (χ2v) is 23.7. The topological polar surface area (TPSA) is 231 Å². The number of rotatable bonds is 59. The fraction of sp³-hybridized carbons (Fsp3) is 0.563. The summed E-state index contributed by atoms with van der Waals surface area (Å²) in [6, 6.07) is 0. The van der Waals surface area contributed by atoms with Crippen LogP contribution in [0.4, 0.5) is 0 Å². The molecule has 502 valence electrons. The number of allylic oxidation sites excluding steroid dienone is 28. The lowest BCUT2D eigenvalue weighted by Gasteiger charge is -2.21. The summed E-state index contributed by atoms with van der Waals surface area (Å²) in [5.74, 6) is -1.76. The van der Waals surface area contributed by atoms with Crippen molar-refractivity contribution in [3.63, 3.8) is 0 Å². The van der Waals surface area contributed by atoms with E-state index in [2.05, 4.69) is 161 Å². The zero-order valence-electron chi connectivity index (χ0n) is 54.0. The van der Waals surface area contributed by atoms with Gasteiger partial charge in [-0.25, -0.2) is 9.13 Å². The summed E-state index contributed by atoms with van der Waals surface area (Å²) in [6.07, 6.45) is 77.2. The Morgan fingerprint density at radius 3 is 0.989 bits per heavy atom. The van der Waals surface area contributed by atoms with E-state index in [1.54, 1.807) is 0 Å². The van der Waals surface area contributed by atoms with Crippen LogP contribution in [0.1, 0.15) is 201 Å². The molecule has 0 saturated heterocycles. The Hall–Kier alpha value is -5.09. The van der Waals surface area contributed by atoms with E-state index in [0.29, 0.717) is 32.1 Å². The molecule has 0 aliphatic rings. The molecule has 4 N–H and O–H groups in total. The summed E-state index contributed by atoms with van der Waals surface area (Å²) in [5.41, 5.74) is 0. The normalized spacial score (nSPS) is 15.4. The Morgan fingerprint density at radius 1 is 0.315 bits per heavy atom. The van der Waals surface area contributed by atoms with Gasteiger partial charge in [-0.2, -0.15) is 0 Å². The number of carbonyl (C=O) groups is 3. The van der Waals surface area contributed by atoms with Crippen LogP contribution in [0, 0.1) is 0 Å². The predicted molar refractivity (Wildman–Crippen MR) is 362 cm³/mol. The summed E-state index contributed by atoms with van der Waals surface area (Å²) >= 11 is 0. The monoisotopic (exact) mass is 1280 g/mol. The fourth-order valence-corrected chi connectivity index (χ4v) is 9.17. The van der Waals surface area contributed by atoms with Crippen LogP contribution in [0.3, 0.4) is 0 Å². The molecule has 0 spiro atoms. The van der Waals surface area contributed by atoms with Gasteiger partial charge in [0.05, 0.1) is 26.4 Å². The lowest BCUT2D eigenvalue weighted by atomic mass is 10.1. The molecule has 0 fully saturated rings. The van der Waals surface area contributed by atoms with Crippen molar-refractivity contribution < 1.29 is 75.8 Å². The second-order valence-electron chi connectivity index (χ2n) is 20.8. The minimum atomic E-state index is -4.95. The first-order valence-corrected chi connectivity index (χ1v) is 35.4. The maximum atomic E-state index is 12.9. The molecule has 0 aromatic carbocycles. The Kier molecular flexibility index (Phi) is 59.5. The Balaban J connectivity index is 4.85. The summed E-state index contributed by atoms with van der Waals surface area (Å²) < 4.78 is 60.7. The standard InChI is InChI=1S/C71H112O16P2/c1-4-7-10-13-16-19-22-25-28-31-32-35-37-39-42-45-48-51-54-57-69(74)81-60-66(72)61-83-88(77,78)84-62-67(73)63-85-89(79,80)86-65-68(87-71(76)59-56-53-50-47-44-41-38-34-30-27-24-21-18-15-12-9-6-3)64-82-70(75)58-55-52-49-46-43-40-36-33-29-26-23-20-17-14-11-8-5-2/h7-12,16-21,25-30,32,35-36,39-40,42,46,48-49,51,66-68,72-73H,4-6,13-15,22-24,31,33-34,37-38,41,43-45,47,50,52-65H2,1-3H3,(H,77,78)(H,79,80)/b10-7-,11-8-,12-9-,19-16-,20-17-,21-18-,28-25-,29-26-,30-27-,35-32-,40-36-,42-39-,49-46-,51-48-. The zero-order chi connectivity index (χ0) is 65.3. The molecule has 0 radical (unpaired) electrons. The third kappa shape index (κ3) is 64.3. The summed E-state index contributed by atoms with van der Waals surface area (Å²) in [7, 11) is -9.83. The molecule has 0 aliphatic carbocycles. The largest absolute Gasteiger partial charge is 0.472 e. The molecule has 18 heteroatoms. The smallest absolute Gasteiger partial charge is 0.463 e. The molecule has 0 aromatic rings. The average molecular weight is 1280 g/mol. The number of hydrogen-bond donors (Lipinski definition) is 4. The molecule has 89 heavy (non-hydrogen) atoms. The van der Waals surface area contributed by atoms with Crippen molar-refractivity contribution in [3.8, 4) is 0 Å². The van der Waals surface area contributed by atoms with E-state index in [0.717, 1.165) is 128 Å². The molecular weight excluding hydrogens is 1170 g/mol. The summed E-state index contributed by atoms with van der Waals surface area (Å²) in [4.78, 5) is 58.3. The maximum Gasteiger partial charge on any atom is 0.472 e. The number of carbonyl (C=O) groups excluding carboxylic acids is 3. The Labute approximate surface area is 535 Å². The first-order chi connectivity index (χ1) is 43.2. The van der Waals surface area contributed by atoms with Gasteiger partial charge in [-0.05, 0) is 128 Å². The first-order valence-electron chi connectivity index (χ1n) is 32.4. The van der Waals surface area contributed by atoms with E-state index < -0.39 is 91.5 Å². The number of phosphoric ester groups is 2. The third-order valence-electron chi connectivity index (χ3n) is 12.4. The zero-order valence-corrected chi connectivity index (χ0v) is 55.8. The number of ether oxygens (including phenoxy) is 3. The lowest BCUT2D eigenvalue weighted by molar-refractivity contribution is -0.161. The second kappa shape index (κ2) is 63.1. The van der Waals surface area contributed by atoms with Gasteiger partial charge in [0, 0.05) is 19.3 Å². The van der Waals surface area contributed by atoms with Crippen LogP contribution in [0.15, 0.2) is 170 Å². The van der Waals surface area contributed by atoms with Gasteiger partial charge in [0.1, 0.15) is 25.4 Å². The third-order valence-corrected chi connectivity index (χ3v) is 14.3. The van der Waals surface area contributed by atoms with Gasteiger partial charge in [-0.3, -0.25) is 32.5 Å². The highest BCUT2D eigenvalue weighted by atomic mass is 31.2. The Bertz CT molecular complexity index is 2300. The molecule has 0 saturated carbocycles. The van der Waals surface area contributed by atoms with Gasteiger partial charge in [0.25, 0.3) is 0 Å². The van der Waals surface area contributed by atoms with Gasteiger partial charge >= 0.3 is 33.6 Å². The maximum absolute atomic E-state index is 12.9. The number of phosphoric acid groups is 2. The predicted octanol–water partition coefficient (Wildman–Crippen LogP) is 17.7. The van der Waals surface area contributed by atoms with E-state index in [-0.39, 0.29) is 19.3 Å². The Morgan fingerprint density at radius 2 is 0.596 bits per heavy atom. The van der Waals surface area contributed by atoms with Crippen molar-refractivity contribution in [1.82, 2.24) is 0 Å². The number of esters is 3. The van der Waals surface area contributed by atoms with Crippen molar-refractivity contribution >= 4 is 33.6 Å². The van der Waals surface area contributed by atoms with Crippen LogP contribution >= 0.6 is 15.6 Å². The van der Waals surface area contributed by atoms with Crippen molar-refractivity contribution in [2.24, 2.45) is 0 Å². The minimum Gasteiger partial charge on any atom is -0.463 e. The first kappa shape index (κ1) is 83.9. The number of aliphatic hydroxyl groups is 2. The minimum absolute atomic E-state index is 0.0528. The average Bonchev–Trinajstić information content (AvgIpc) is 3.54. The van der Waals surface area contributed by atoms with Crippen molar-refractivity contribution in [2.75, 3.05) is 39.6 Å².